The van der Waals surface area contributed by atoms with Gasteiger partial charge in [-0.2, -0.15) is 0 Å². The van der Waals surface area contributed by atoms with E-state index in [0.717, 1.165) is 37.9 Å². The minimum absolute atomic E-state index is 0.0493. The molecular formula is C36H50O4. The van der Waals surface area contributed by atoms with Crippen LogP contribution in [0.3, 0.4) is 0 Å². The molecule has 0 spiro atoms. The predicted molar refractivity (Wildman–Crippen MR) is 164 cm³/mol. The topological polar surface area (TPSA) is 52.6 Å². The van der Waals surface area contributed by atoms with Crippen LogP contribution >= 0.6 is 0 Å². The summed E-state index contributed by atoms with van der Waals surface area (Å²) in [5.74, 6) is 1.71. The number of Topliss-reactive ketones (excluding diaryl/α,β-unsaturated/α-hetero) is 1. The molecule has 1 saturated carbocycles. The van der Waals surface area contributed by atoms with Crippen molar-refractivity contribution in [2.24, 2.45) is 11.8 Å². The second-order valence-electron chi connectivity index (χ2n) is 12.6. The van der Waals surface area contributed by atoms with E-state index in [4.69, 9.17) is 9.47 Å². The summed E-state index contributed by atoms with van der Waals surface area (Å²) < 4.78 is 11.7. The van der Waals surface area contributed by atoms with Crippen LogP contribution in [0.1, 0.15) is 109 Å². The van der Waals surface area contributed by atoms with Crippen LogP contribution < -0.4 is 4.74 Å². The molecule has 40 heavy (non-hydrogen) atoms. The lowest BCUT2D eigenvalue weighted by atomic mass is 9.64. The highest BCUT2D eigenvalue weighted by atomic mass is 16.5. The second-order valence-corrected chi connectivity index (χ2v) is 12.6. The molecule has 3 rings (SSSR count). The molecule has 0 aromatic heterocycles. The minimum atomic E-state index is -0.378. The van der Waals surface area contributed by atoms with Crippen LogP contribution in [0.4, 0.5) is 0 Å². The molecule has 4 nitrogen and oxygen atoms in total. The number of allylic oxidation sites excluding steroid dienone is 2. The normalized spacial score (nSPS) is 19.9. The fraction of sp³-hybridized carbons (Fsp3) is 0.556. The molecule has 3 atom stereocenters. The van der Waals surface area contributed by atoms with Crippen LogP contribution in [-0.4, -0.2) is 25.0 Å². The third-order valence-corrected chi connectivity index (χ3v) is 8.78. The summed E-state index contributed by atoms with van der Waals surface area (Å²) in [6, 6.07) is 16.8. The van der Waals surface area contributed by atoms with Gasteiger partial charge in [-0.3, -0.25) is 9.59 Å². The molecule has 1 aliphatic rings. The zero-order valence-corrected chi connectivity index (χ0v) is 25.8. The first-order valence-corrected chi connectivity index (χ1v) is 15.1. The number of hydrogen-bond donors (Lipinski definition) is 0. The zero-order valence-electron chi connectivity index (χ0n) is 25.8. The van der Waals surface area contributed by atoms with E-state index < -0.39 is 0 Å². The number of hydrogen-bond acceptors (Lipinski definition) is 4. The number of benzene rings is 2. The standard InChI is InChI=1S/C36H50O4/c1-25(2)31-18-12-15-28(35(31)39-7)14-11-13-26(3)19-21-30(37)24-34(38)40-33-23-27(4)20-22-32(33)36(5,6)29-16-9-8-10-17-29/h8-10,12-13,15-18,25,27,32-33H,11,14,19-24H2,1-7H3/b26-13+/t27-,32-,33-/m1/s1. The Hall–Kier alpha value is -2.88. The van der Waals surface area contributed by atoms with Crippen molar-refractivity contribution in [3.8, 4) is 5.75 Å². The van der Waals surface area contributed by atoms with Gasteiger partial charge in [0.2, 0.25) is 0 Å². The van der Waals surface area contributed by atoms with Gasteiger partial charge in [0.25, 0.3) is 0 Å². The van der Waals surface area contributed by atoms with E-state index in [1.165, 1.54) is 22.3 Å². The maximum absolute atomic E-state index is 12.9. The summed E-state index contributed by atoms with van der Waals surface area (Å²) in [7, 11) is 1.74. The Bertz CT molecular complexity index is 1140. The fourth-order valence-corrected chi connectivity index (χ4v) is 6.24. The fourth-order valence-electron chi connectivity index (χ4n) is 6.24. The van der Waals surface area contributed by atoms with Crippen LogP contribution in [0.15, 0.2) is 60.2 Å². The Kier molecular flexibility index (Phi) is 11.6. The van der Waals surface area contributed by atoms with E-state index in [-0.39, 0.29) is 35.6 Å². The van der Waals surface area contributed by atoms with Crippen molar-refractivity contribution in [2.45, 2.75) is 110 Å². The maximum atomic E-state index is 12.9. The van der Waals surface area contributed by atoms with Gasteiger partial charge in [0.15, 0.2) is 0 Å². The van der Waals surface area contributed by atoms with E-state index >= 15 is 0 Å². The summed E-state index contributed by atoms with van der Waals surface area (Å²) in [5, 5.41) is 0. The maximum Gasteiger partial charge on any atom is 0.313 e. The summed E-state index contributed by atoms with van der Waals surface area (Å²) in [6.07, 6.45) is 7.72. The van der Waals surface area contributed by atoms with Crippen LogP contribution in [0.5, 0.6) is 5.75 Å². The van der Waals surface area contributed by atoms with Gasteiger partial charge in [-0.15, -0.1) is 0 Å². The van der Waals surface area contributed by atoms with Crippen molar-refractivity contribution in [3.05, 3.63) is 76.9 Å². The molecule has 1 aliphatic carbocycles. The lowest BCUT2D eigenvalue weighted by Gasteiger charge is -2.44. The molecule has 2 aromatic rings. The zero-order chi connectivity index (χ0) is 29.3. The van der Waals surface area contributed by atoms with Gasteiger partial charge < -0.3 is 9.47 Å². The molecule has 4 heteroatoms. The molecule has 0 aliphatic heterocycles. The van der Waals surface area contributed by atoms with Gasteiger partial charge in [0.1, 0.15) is 24.1 Å². The van der Waals surface area contributed by atoms with Gasteiger partial charge in [-0.25, -0.2) is 0 Å². The summed E-state index contributed by atoms with van der Waals surface area (Å²) in [5.41, 5.74) is 4.77. The van der Waals surface area contributed by atoms with Gasteiger partial charge in [-0.05, 0) is 73.0 Å². The molecule has 2 aromatic carbocycles. The monoisotopic (exact) mass is 546 g/mol. The molecule has 0 radical (unpaired) electrons. The molecule has 0 unspecified atom stereocenters. The first-order chi connectivity index (χ1) is 19.0. The van der Waals surface area contributed by atoms with Crippen LogP contribution in [0.25, 0.3) is 0 Å². The van der Waals surface area contributed by atoms with Gasteiger partial charge in [-0.1, -0.05) is 101 Å². The highest BCUT2D eigenvalue weighted by Crippen LogP contribution is 2.43. The van der Waals surface area contributed by atoms with Crippen LogP contribution in [0.2, 0.25) is 0 Å². The molecule has 218 valence electrons. The van der Waals surface area contributed by atoms with Crippen LogP contribution in [-0.2, 0) is 26.2 Å². The number of esters is 1. The summed E-state index contributed by atoms with van der Waals surface area (Å²) >= 11 is 0. The third kappa shape index (κ3) is 8.56. The van der Waals surface area contributed by atoms with E-state index in [1.807, 2.05) is 6.07 Å². The highest BCUT2D eigenvalue weighted by Gasteiger charge is 2.42. The number of para-hydroxylation sites is 1. The van der Waals surface area contributed by atoms with Crippen molar-refractivity contribution < 1.29 is 19.1 Å². The largest absolute Gasteiger partial charge is 0.496 e. The highest BCUT2D eigenvalue weighted by molar-refractivity contribution is 5.95. The number of ether oxygens (including phenoxy) is 2. The second kappa shape index (κ2) is 14.7. The first kappa shape index (κ1) is 31.6. The quantitative estimate of drug-likeness (QED) is 0.143. The van der Waals surface area contributed by atoms with Gasteiger partial charge in [0, 0.05) is 12.3 Å². The average molecular weight is 547 g/mol. The molecule has 0 N–H and O–H groups in total. The number of carbonyl (C=O) groups is 2. The molecule has 1 fully saturated rings. The lowest BCUT2D eigenvalue weighted by molar-refractivity contribution is -0.157. The Morgan fingerprint density at radius 1 is 1.02 bits per heavy atom. The Labute approximate surface area is 242 Å². The van der Waals surface area contributed by atoms with E-state index in [9.17, 15) is 9.59 Å². The van der Waals surface area contributed by atoms with E-state index in [2.05, 4.69) is 90.1 Å². The van der Waals surface area contributed by atoms with Crippen molar-refractivity contribution in [1.82, 2.24) is 0 Å². The van der Waals surface area contributed by atoms with Gasteiger partial charge >= 0.3 is 5.97 Å². The molecule has 0 heterocycles. The third-order valence-electron chi connectivity index (χ3n) is 8.78. The van der Waals surface area contributed by atoms with Crippen molar-refractivity contribution in [1.29, 1.82) is 0 Å². The molecule has 0 bridgehead atoms. The number of methoxy groups -OCH3 is 1. The van der Waals surface area contributed by atoms with E-state index in [1.54, 1.807) is 7.11 Å². The molecule has 0 saturated heterocycles. The van der Waals surface area contributed by atoms with Crippen LogP contribution in [0, 0.1) is 11.8 Å². The summed E-state index contributed by atoms with van der Waals surface area (Å²) in [6.45, 7) is 13.1. The Balaban J connectivity index is 1.50. The van der Waals surface area contributed by atoms with Crippen molar-refractivity contribution in [2.75, 3.05) is 7.11 Å². The number of carbonyl (C=O) groups excluding carboxylic acids is 2. The van der Waals surface area contributed by atoms with Crippen molar-refractivity contribution >= 4 is 11.8 Å². The minimum Gasteiger partial charge on any atom is -0.496 e. The number of ketones is 1. The van der Waals surface area contributed by atoms with Gasteiger partial charge in [0.05, 0.1) is 7.11 Å². The SMILES string of the molecule is COc1c(CC/C=C(\C)CCC(=O)CC(=O)O[C@@H]2C[C@H](C)CC[C@H]2C(C)(C)c2ccccc2)cccc1C(C)C. The first-order valence-electron chi connectivity index (χ1n) is 15.1. The molecule has 0 amide bonds. The number of rotatable bonds is 13. The smallest absolute Gasteiger partial charge is 0.313 e. The summed E-state index contributed by atoms with van der Waals surface area (Å²) in [4.78, 5) is 25.6. The van der Waals surface area contributed by atoms with Crippen molar-refractivity contribution in [3.63, 3.8) is 0 Å². The number of aryl methyl sites for hydroxylation is 1. The molecular weight excluding hydrogens is 496 g/mol. The predicted octanol–water partition coefficient (Wildman–Crippen LogP) is 8.76. The Morgan fingerprint density at radius 3 is 2.42 bits per heavy atom. The lowest BCUT2D eigenvalue weighted by Crippen LogP contribution is -2.43. The van der Waals surface area contributed by atoms with E-state index in [0.29, 0.717) is 24.7 Å². The Morgan fingerprint density at radius 2 is 1.75 bits per heavy atom. The average Bonchev–Trinajstić information content (AvgIpc) is 2.92.